The van der Waals surface area contributed by atoms with E-state index < -0.39 is 5.97 Å². The van der Waals surface area contributed by atoms with Crippen LogP contribution in [0.5, 0.6) is 0 Å². The van der Waals surface area contributed by atoms with Crippen molar-refractivity contribution in [3.63, 3.8) is 0 Å². The minimum absolute atomic E-state index is 0.0248. The van der Waals surface area contributed by atoms with Gasteiger partial charge in [-0.15, -0.1) is 0 Å². The van der Waals surface area contributed by atoms with Crippen molar-refractivity contribution in [1.29, 1.82) is 0 Å². The van der Waals surface area contributed by atoms with E-state index in [0.29, 0.717) is 19.6 Å². The van der Waals surface area contributed by atoms with Crippen molar-refractivity contribution in [3.05, 3.63) is 0 Å². The molecule has 0 atom stereocenters. The van der Waals surface area contributed by atoms with Gasteiger partial charge in [0.1, 0.15) is 0 Å². The Bertz CT molecular complexity index is 331. The highest BCUT2D eigenvalue weighted by molar-refractivity contribution is 5.79. The molecule has 7 nitrogen and oxygen atoms in total. The van der Waals surface area contributed by atoms with Gasteiger partial charge in [0.25, 0.3) is 0 Å². The summed E-state index contributed by atoms with van der Waals surface area (Å²) < 4.78 is 4.85. The van der Waals surface area contributed by atoms with Gasteiger partial charge in [-0.3, -0.25) is 19.3 Å². The van der Waals surface area contributed by atoms with Gasteiger partial charge in [0.15, 0.2) is 0 Å². The van der Waals surface area contributed by atoms with E-state index in [9.17, 15) is 14.4 Å². The highest BCUT2D eigenvalue weighted by Crippen LogP contribution is 1.98. The Labute approximate surface area is 119 Å². The second kappa shape index (κ2) is 10.2. The summed E-state index contributed by atoms with van der Waals surface area (Å²) >= 11 is 0. The minimum Gasteiger partial charge on any atom is -0.481 e. The van der Waals surface area contributed by atoms with E-state index in [1.165, 1.54) is 0 Å². The summed E-state index contributed by atoms with van der Waals surface area (Å²) in [6, 6.07) is 0.0316. The fraction of sp³-hybridized carbons (Fsp3) is 0.769. The van der Waals surface area contributed by atoms with Gasteiger partial charge in [-0.1, -0.05) is 0 Å². The summed E-state index contributed by atoms with van der Waals surface area (Å²) in [6.45, 7) is 6.28. The van der Waals surface area contributed by atoms with Crippen molar-refractivity contribution < 1.29 is 24.2 Å². The topological polar surface area (TPSA) is 95.9 Å². The summed E-state index contributed by atoms with van der Waals surface area (Å²) in [7, 11) is 0. The van der Waals surface area contributed by atoms with Crippen LogP contribution in [0, 0.1) is 0 Å². The van der Waals surface area contributed by atoms with Crippen LogP contribution in [0.25, 0.3) is 0 Å². The zero-order chi connectivity index (χ0) is 15.5. The molecular weight excluding hydrogens is 264 g/mol. The summed E-state index contributed by atoms with van der Waals surface area (Å²) in [5, 5.41) is 11.1. The van der Waals surface area contributed by atoms with Gasteiger partial charge >= 0.3 is 11.9 Å². The Kier molecular flexibility index (Phi) is 9.36. The van der Waals surface area contributed by atoms with Gasteiger partial charge in [-0.25, -0.2) is 0 Å². The molecule has 0 unspecified atom stereocenters. The standard InChI is InChI=1S/C13H24N2O5/c1-4-20-13(19)9-15(10(2)3)8-11(16)14-7-5-6-12(17)18/h10H,4-9H2,1-3H3,(H,14,16)(H,17,18). The Hall–Kier alpha value is -1.63. The molecule has 20 heavy (non-hydrogen) atoms. The van der Waals surface area contributed by atoms with Crippen LogP contribution in [0.15, 0.2) is 0 Å². The molecule has 0 rings (SSSR count). The minimum atomic E-state index is -0.884. The Balaban J connectivity index is 4.07. The molecule has 0 fully saturated rings. The second-order valence-corrected chi connectivity index (χ2v) is 4.65. The van der Waals surface area contributed by atoms with Crippen molar-refractivity contribution in [1.82, 2.24) is 10.2 Å². The van der Waals surface area contributed by atoms with E-state index in [4.69, 9.17) is 9.84 Å². The lowest BCUT2D eigenvalue weighted by Gasteiger charge is -2.24. The molecule has 0 aromatic heterocycles. The van der Waals surface area contributed by atoms with Crippen molar-refractivity contribution in [2.75, 3.05) is 26.2 Å². The zero-order valence-electron chi connectivity index (χ0n) is 12.3. The lowest BCUT2D eigenvalue weighted by atomic mass is 10.3. The highest BCUT2D eigenvalue weighted by atomic mass is 16.5. The first kappa shape index (κ1) is 18.4. The number of carboxylic acid groups (broad SMARTS) is 1. The first-order valence-corrected chi connectivity index (χ1v) is 6.75. The number of hydrogen-bond donors (Lipinski definition) is 2. The Morgan fingerprint density at radius 1 is 1.25 bits per heavy atom. The third-order valence-corrected chi connectivity index (χ3v) is 2.60. The van der Waals surface area contributed by atoms with E-state index in [0.717, 1.165) is 0 Å². The summed E-state index contributed by atoms with van der Waals surface area (Å²) in [5.74, 6) is -1.47. The van der Waals surface area contributed by atoms with Crippen LogP contribution in [0.1, 0.15) is 33.6 Å². The number of carbonyl (C=O) groups excluding carboxylic acids is 2. The molecule has 0 radical (unpaired) electrons. The lowest BCUT2D eigenvalue weighted by Crippen LogP contribution is -2.43. The first-order valence-electron chi connectivity index (χ1n) is 6.75. The SMILES string of the molecule is CCOC(=O)CN(CC(=O)NCCCC(=O)O)C(C)C. The third-order valence-electron chi connectivity index (χ3n) is 2.60. The predicted molar refractivity (Wildman–Crippen MR) is 73.2 cm³/mol. The van der Waals surface area contributed by atoms with Gasteiger partial charge in [0, 0.05) is 19.0 Å². The van der Waals surface area contributed by atoms with Gasteiger partial charge in [0.05, 0.1) is 19.7 Å². The molecule has 0 aromatic rings. The molecule has 2 N–H and O–H groups in total. The van der Waals surface area contributed by atoms with E-state index in [-0.39, 0.29) is 37.4 Å². The maximum atomic E-state index is 11.7. The molecule has 0 heterocycles. The second-order valence-electron chi connectivity index (χ2n) is 4.65. The molecule has 0 bridgehead atoms. The number of amides is 1. The van der Waals surface area contributed by atoms with Crippen LogP contribution >= 0.6 is 0 Å². The maximum Gasteiger partial charge on any atom is 0.320 e. The molecule has 0 aliphatic heterocycles. The third kappa shape index (κ3) is 9.32. The highest BCUT2D eigenvalue weighted by Gasteiger charge is 2.17. The number of esters is 1. The predicted octanol–water partition coefficient (Wildman–Crippen LogP) is 0.241. The summed E-state index contributed by atoms with van der Waals surface area (Å²) in [5.41, 5.74) is 0. The molecule has 116 valence electrons. The van der Waals surface area contributed by atoms with Gasteiger partial charge in [0.2, 0.25) is 5.91 Å². The smallest absolute Gasteiger partial charge is 0.320 e. The molecule has 0 saturated carbocycles. The Morgan fingerprint density at radius 2 is 1.90 bits per heavy atom. The van der Waals surface area contributed by atoms with Gasteiger partial charge < -0.3 is 15.2 Å². The largest absolute Gasteiger partial charge is 0.481 e. The molecule has 0 aliphatic rings. The van der Waals surface area contributed by atoms with Crippen molar-refractivity contribution >= 4 is 17.8 Å². The molecule has 0 aromatic carbocycles. The number of ether oxygens (including phenoxy) is 1. The number of nitrogens with one attached hydrogen (secondary N) is 1. The number of aliphatic carboxylic acids is 1. The lowest BCUT2D eigenvalue weighted by molar-refractivity contribution is -0.145. The molecule has 1 amide bonds. The number of rotatable bonds is 10. The Morgan fingerprint density at radius 3 is 2.40 bits per heavy atom. The number of nitrogens with zero attached hydrogens (tertiary/aromatic N) is 1. The van der Waals surface area contributed by atoms with Crippen LogP contribution in [0.3, 0.4) is 0 Å². The van der Waals surface area contributed by atoms with Crippen LogP contribution in [-0.2, 0) is 19.1 Å². The van der Waals surface area contributed by atoms with Crippen molar-refractivity contribution in [2.45, 2.75) is 39.7 Å². The number of carboxylic acids is 1. The zero-order valence-corrected chi connectivity index (χ0v) is 12.3. The van der Waals surface area contributed by atoms with E-state index >= 15 is 0 Å². The number of hydrogen-bond acceptors (Lipinski definition) is 5. The van der Waals surface area contributed by atoms with Crippen LogP contribution < -0.4 is 5.32 Å². The van der Waals surface area contributed by atoms with Crippen LogP contribution in [0.4, 0.5) is 0 Å². The summed E-state index contributed by atoms with van der Waals surface area (Å²) in [4.78, 5) is 35.1. The molecule has 0 aliphatic carbocycles. The van der Waals surface area contributed by atoms with Crippen LogP contribution in [-0.4, -0.2) is 60.1 Å². The molecule has 0 saturated heterocycles. The molecule has 7 heteroatoms. The van der Waals surface area contributed by atoms with Gasteiger partial charge in [-0.05, 0) is 27.2 Å². The van der Waals surface area contributed by atoms with Crippen molar-refractivity contribution in [3.8, 4) is 0 Å². The quantitative estimate of drug-likeness (QED) is 0.441. The summed E-state index contributed by atoms with van der Waals surface area (Å²) in [6.07, 6.45) is 0.414. The van der Waals surface area contributed by atoms with E-state index in [1.807, 2.05) is 13.8 Å². The molecular formula is C13H24N2O5. The monoisotopic (exact) mass is 288 g/mol. The molecule has 0 spiro atoms. The maximum absolute atomic E-state index is 11.7. The fourth-order valence-electron chi connectivity index (χ4n) is 1.50. The first-order chi connectivity index (χ1) is 9.36. The van der Waals surface area contributed by atoms with Crippen LogP contribution in [0.2, 0.25) is 0 Å². The van der Waals surface area contributed by atoms with E-state index in [2.05, 4.69) is 5.32 Å². The normalized spacial score (nSPS) is 10.7. The number of carbonyl (C=O) groups is 3. The fourth-order valence-corrected chi connectivity index (χ4v) is 1.50. The average molecular weight is 288 g/mol. The van der Waals surface area contributed by atoms with Gasteiger partial charge in [-0.2, -0.15) is 0 Å². The van der Waals surface area contributed by atoms with E-state index in [1.54, 1.807) is 11.8 Å². The van der Waals surface area contributed by atoms with Crippen molar-refractivity contribution in [2.24, 2.45) is 0 Å². The average Bonchev–Trinajstić information content (AvgIpc) is 2.33.